The highest BCUT2D eigenvalue weighted by Crippen LogP contribution is 2.39. The van der Waals surface area contributed by atoms with E-state index >= 15 is 0 Å². The minimum atomic E-state index is -4.65. The molecule has 178 valence electrons. The molecule has 1 aromatic heterocycles. The van der Waals surface area contributed by atoms with Crippen LogP contribution in [0.2, 0.25) is 0 Å². The highest BCUT2D eigenvalue weighted by atomic mass is 32.2. The SMILES string of the molecule is CC[C@@H](O)CNS(=O)(=O)c1ccc(N2CC[C@@H](N)[C@@H](F)C2)c(-c2nn[nH]n2)c1S(N)(=O)=O. The molecule has 13 nitrogen and oxygen atoms in total. The van der Waals surface area contributed by atoms with Crippen molar-refractivity contribution in [3.05, 3.63) is 12.1 Å². The van der Waals surface area contributed by atoms with Crippen molar-refractivity contribution in [2.45, 2.75) is 47.9 Å². The van der Waals surface area contributed by atoms with Gasteiger partial charge in [0.15, 0.2) is 0 Å². The van der Waals surface area contributed by atoms with Crippen LogP contribution in [0.1, 0.15) is 19.8 Å². The lowest BCUT2D eigenvalue weighted by Crippen LogP contribution is -2.48. The molecule has 7 N–H and O–H groups in total. The number of hydrogen-bond acceptors (Lipinski definition) is 10. The number of alkyl halides is 1. The lowest BCUT2D eigenvalue weighted by Gasteiger charge is -2.35. The van der Waals surface area contributed by atoms with Gasteiger partial charge in [0.25, 0.3) is 0 Å². The van der Waals surface area contributed by atoms with Crippen LogP contribution in [-0.4, -0.2) is 80.5 Å². The summed E-state index contributed by atoms with van der Waals surface area (Å²) in [6, 6.07) is 1.71. The molecule has 32 heavy (non-hydrogen) atoms. The number of aliphatic hydroxyl groups excluding tert-OH is 1. The topological polar surface area (TPSA) is 210 Å². The Morgan fingerprint density at radius 1 is 1.38 bits per heavy atom. The van der Waals surface area contributed by atoms with Crippen LogP contribution in [0.4, 0.5) is 10.1 Å². The van der Waals surface area contributed by atoms with Crippen LogP contribution < -0.4 is 20.5 Å². The fourth-order valence-electron chi connectivity index (χ4n) is 3.36. The number of aromatic nitrogens is 4. The van der Waals surface area contributed by atoms with E-state index in [1.165, 1.54) is 11.0 Å². The largest absolute Gasteiger partial charge is 0.392 e. The molecule has 0 aliphatic carbocycles. The van der Waals surface area contributed by atoms with Crippen molar-refractivity contribution in [2.75, 3.05) is 24.5 Å². The van der Waals surface area contributed by atoms with Gasteiger partial charge >= 0.3 is 0 Å². The summed E-state index contributed by atoms with van der Waals surface area (Å²) in [5, 5.41) is 28.3. The van der Waals surface area contributed by atoms with Crippen molar-refractivity contribution in [3.63, 3.8) is 0 Å². The molecule has 0 unspecified atom stereocenters. The average Bonchev–Trinajstić information content (AvgIpc) is 3.27. The molecule has 16 heteroatoms. The number of nitrogens with zero attached hydrogens (tertiary/aromatic N) is 4. The van der Waals surface area contributed by atoms with E-state index in [1.807, 2.05) is 0 Å². The number of rotatable bonds is 8. The highest BCUT2D eigenvalue weighted by molar-refractivity contribution is 7.92. The van der Waals surface area contributed by atoms with E-state index < -0.39 is 48.2 Å². The summed E-state index contributed by atoms with van der Waals surface area (Å²) in [7, 11) is -9.08. The Morgan fingerprint density at radius 3 is 2.66 bits per heavy atom. The molecule has 1 aromatic carbocycles. The van der Waals surface area contributed by atoms with Gasteiger partial charge in [0.2, 0.25) is 25.9 Å². The van der Waals surface area contributed by atoms with Gasteiger partial charge in [0.05, 0.1) is 18.2 Å². The van der Waals surface area contributed by atoms with Gasteiger partial charge in [0, 0.05) is 24.8 Å². The molecule has 1 fully saturated rings. The number of halogens is 1. The number of primary sulfonamides is 1. The number of nitrogens with two attached hydrogens (primary N) is 2. The Bertz CT molecular complexity index is 1160. The van der Waals surface area contributed by atoms with Gasteiger partial charge in [-0.25, -0.2) is 31.1 Å². The molecule has 0 saturated carbocycles. The maximum atomic E-state index is 14.3. The summed E-state index contributed by atoms with van der Waals surface area (Å²) in [4.78, 5) is 0.108. The van der Waals surface area contributed by atoms with Crippen LogP contribution in [0.25, 0.3) is 11.4 Å². The number of piperidine rings is 1. The monoisotopic (exact) mass is 492 g/mol. The van der Waals surface area contributed by atoms with Crippen LogP contribution in [0.15, 0.2) is 21.9 Å². The molecule has 3 atom stereocenters. The second-order valence-corrected chi connectivity index (χ2v) is 10.6. The fourth-order valence-corrected chi connectivity index (χ4v) is 6.03. The van der Waals surface area contributed by atoms with Crippen LogP contribution in [-0.2, 0) is 20.0 Å². The number of nitrogens with one attached hydrogen (secondary N) is 2. The minimum Gasteiger partial charge on any atom is -0.392 e. The van der Waals surface area contributed by atoms with Crippen LogP contribution in [0.3, 0.4) is 0 Å². The van der Waals surface area contributed by atoms with Crippen molar-refractivity contribution < 1.29 is 26.3 Å². The second-order valence-electron chi connectivity index (χ2n) is 7.40. The van der Waals surface area contributed by atoms with E-state index in [4.69, 9.17) is 10.9 Å². The zero-order chi connectivity index (χ0) is 23.7. The summed E-state index contributed by atoms with van der Waals surface area (Å²) < 4.78 is 67.5. The van der Waals surface area contributed by atoms with Crippen molar-refractivity contribution in [3.8, 4) is 11.4 Å². The number of H-pyrrole nitrogens is 1. The average molecular weight is 493 g/mol. The van der Waals surface area contributed by atoms with Crippen LogP contribution in [0, 0.1) is 0 Å². The molecular weight excluding hydrogens is 467 g/mol. The summed E-state index contributed by atoms with van der Waals surface area (Å²) in [6.45, 7) is 1.45. The molecule has 0 radical (unpaired) electrons. The molecular formula is C16H25FN8O5S2. The Kier molecular flexibility index (Phi) is 7.11. The van der Waals surface area contributed by atoms with Crippen molar-refractivity contribution in [2.24, 2.45) is 10.9 Å². The number of sulfonamides is 2. The summed E-state index contributed by atoms with van der Waals surface area (Å²) in [5.74, 6) is -0.236. The zero-order valence-electron chi connectivity index (χ0n) is 17.1. The normalized spacial score (nSPS) is 21.0. The van der Waals surface area contributed by atoms with Gasteiger partial charge in [-0.1, -0.05) is 6.92 Å². The first-order valence-corrected chi connectivity index (χ1v) is 12.7. The van der Waals surface area contributed by atoms with Crippen LogP contribution >= 0.6 is 0 Å². The van der Waals surface area contributed by atoms with Crippen LogP contribution in [0.5, 0.6) is 0 Å². The smallest absolute Gasteiger partial charge is 0.242 e. The number of aromatic amines is 1. The first kappa shape index (κ1) is 24.4. The van der Waals surface area contributed by atoms with E-state index in [1.54, 1.807) is 6.92 Å². The van der Waals surface area contributed by atoms with Gasteiger partial charge in [-0.05, 0) is 30.2 Å². The predicted octanol–water partition coefficient (Wildman–Crippen LogP) is -1.56. The first-order chi connectivity index (χ1) is 15.0. The summed E-state index contributed by atoms with van der Waals surface area (Å²) in [6.07, 6.45) is -1.80. The fraction of sp³-hybridized carbons (Fsp3) is 0.562. The van der Waals surface area contributed by atoms with E-state index in [-0.39, 0.29) is 49.6 Å². The van der Waals surface area contributed by atoms with Gasteiger partial charge < -0.3 is 15.7 Å². The summed E-state index contributed by atoms with van der Waals surface area (Å²) >= 11 is 0. The number of benzene rings is 1. The molecule has 1 saturated heterocycles. The van der Waals surface area contributed by atoms with Gasteiger partial charge in [-0.15, -0.1) is 10.2 Å². The molecule has 2 aromatic rings. The number of aliphatic hydroxyl groups is 1. The van der Waals surface area contributed by atoms with Gasteiger partial charge in [-0.2, -0.15) is 5.21 Å². The Hall–Kier alpha value is -2.24. The Morgan fingerprint density at radius 2 is 2.09 bits per heavy atom. The van der Waals surface area contributed by atoms with E-state index in [9.17, 15) is 26.3 Å². The van der Waals surface area contributed by atoms with Crippen molar-refractivity contribution in [1.29, 1.82) is 0 Å². The Balaban J connectivity index is 2.23. The number of hydrogen-bond donors (Lipinski definition) is 5. The first-order valence-electron chi connectivity index (χ1n) is 9.71. The van der Waals surface area contributed by atoms with E-state index in [2.05, 4.69) is 25.3 Å². The van der Waals surface area contributed by atoms with Crippen molar-refractivity contribution >= 4 is 25.7 Å². The van der Waals surface area contributed by atoms with Gasteiger partial charge in [-0.3, -0.25) is 0 Å². The molecule has 0 spiro atoms. The minimum absolute atomic E-state index is 0.150. The third-order valence-electron chi connectivity index (χ3n) is 5.16. The quantitative estimate of drug-likeness (QED) is 0.286. The maximum absolute atomic E-state index is 14.3. The second kappa shape index (κ2) is 9.32. The van der Waals surface area contributed by atoms with E-state index in [0.717, 1.165) is 6.07 Å². The zero-order valence-corrected chi connectivity index (χ0v) is 18.8. The molecule has 0 amide bonds. The number of tetrazole rings is 1. The summed E-state index contributed by atoms with van der Waals surface area (Å²) in [5.41, 5.74) is 5.67. The predicted molar refractivity (Wildman–Crippen MR) is 112 cm³/mol. The molecule has 0 bridgehead atoms. The molecule has 2 heterocycles. The standard InChI is InChI=1S/C16H25FN8O5S2/c1-2-9(26)7-20-32(29,30)13-4-3-12(25-6-5-11(18)10(17)8-25)14(15(13)31(19,27)28)16-21-23-24-22-16/h3-4,9-11,20,26H,2,5-8,18H2,1H3,(H2,19,27,28)(H,21,22,23,24)/t9-,10+,11-/m1/s1. The third kappa shape index (κ3) is 5.05. The lowest BCUT2D eigenvalue weighted by molar-refractivity contribution is 0.174. The number of anilines is 1. The molecule has 1 aliphatic heterocycles. The van der Waals surface area contributed by atoms with E-state index in [0.29, 0.717) is 0 Å². The highest BCUT2D eigenvalue weighted by Gasteiger charge is 2.35. The third-order valence-corrected chi connectivity index (χ3v) is 7.74. The lowest BCUT2D eigenvalue weighted by atomic mass is 10.0. The van der Waals surface area contributed by atoms with Crippen molar-refractivity contribution in [1.82, 2.24) is 25.3 Å². The maximum Gasteiger partial charge on any atom is 0.242 e. The molecule has 1 aliphatic rings. The van der Waals surface area contributed by atoms with Gasteiger partial charge in [0.1, 0.15) is 16.0 Å². The Labute approximate surface area is 184 Å². The molecule has 3 rings (SSSR count).